The lowest BCUT2D eigenvalue weighted by Crippen LogP contribution is -2.31. The van der Waals surface area contributed by atoms with Crippen molar-refractivity contribution in [3.63, 3.8) is 0 Å². The first-order valence-corrected chi connectivity index (χ1v) is 3.56. The summed E-state index contributed by atoms with van der Waals surface area (Å²) in [6, 6.07) is 0. The number of carbonyl (C=O) groups is 2. The highest BCUT2D eigenvalue weighted by molar-refractivity contribution is 5.80. The molecule has 68 valence electrons. The van der Waals surface area contributed by atoms with Crippen molar-refractivity contribution in [2.24, 2.45) is 0 Å². The smallest absolute Gasteiger partial charge is 0.329 e. The molecule has 5 nitrogen and oxygen atoms in total. The molecule has 0 rings (SSSR count). The minimum atomic E-state index is -1.04. The zero-order valence-corrected chi connectivity index (χ0v) is 6.83. The maximum absolute atomic E-state index is 10.7. The van der Waals surface area contributed by atoms with Gasteiger partial charge in [-0.25, -0.2) is 4.79 Å². The maximum Gasteiger partial charge on any atom is 0.329 e. The quantitative estimate of drug-likeness (QED) is 0.480. The lowest BCUT2D eigenvalue weighted by atomic mass is 10.5. The van der Waals surface area contributed by atoms with Crippen molar-refractivity contribution in [2.75, 3.05) is 13.1 Å². The maximum atomic E-state index is 10.7. The highest BCUT2D eigenvalue weighted by Crippen LogP contribution is 1.68. The first kappa shape index (κ1) is 10.5. The average molecular weight is 172 g/mol. The highest BCUT2D eigenvalue weighted by atomic mass is 16.4. The Morgan fingerprint density at radius 1 is 1.50 bits per heavy atom. The number of carboxylic acid groups (broad SMARTS) is 1. The van der Waals surface area contributed by atoms with Crippen molar-refractivity contribution in [3.05, 3.63) is 12.3 Å². The molecular formula is C7H12N2O3. The summed E-state index contributed by atoms with van der Waals surface area (Å²) in [5.74, 6) is -1.20. The third-order valence-corrected chi connectivity index (χ3v) is 0.980. The van der Waals surface area contributed by atoms with E-state index < -0.39 is 5.97 Å². The zero-order chi connectivity index (χ0) is 9.40. The summed E-state index contributed by atoms with van der Waals surface area (Å²) >= 11 is 0. The topological polar surface area (TPSA) is 78.4 Å². The van der Waals surface area contributed by atoms with Gasteiger partial charge in [0.1, 0.15) is 0 Å². The molecule has 0 aliphatic heterocycles. The normalized spacial score (nSPS) is 9.75. The van der Waals surface area contributed by atoms with Gasteiger partial charge in [-0.2, -0.15) is 0 Å². The SMILES string of the molecule is CCNC(=O)CN/C=C/C(=O)O. The first-order valence-electron chi connectivity index (χ1n) is 3.56. The summed E-state index contributed by atoms with van der Waals surface area (Å²) in [5.41, 5.74) is 0. The molecule has 0 aromatic rings. The molecule has 0 aliphatic rings. The largest absolute Gasteiger partial charge is 0.478 e. The number of hydrogen-bond acceptors (Lipinski definition) is 3. The molecule has 0 bridgehead atoms. The Labute approximate surface area is 70.5 Å². The van der Waals surface area contributed by atoms with Crippen LogP contribution >= 0.6 is 0 Å². The molecule has 0 unspecified atom stereocenters. The Morgan fingerprint density at radius 2 is 2.17 bits per heavy atom. The Kier molecular flexibility index (Phi) is 5.42. The summed E-state index contributed by atoms with van der Waals surface area (Å²) < 4.78 is 0. The second-order valence-electron chi connectivity index (χ2n) is 2.01. The molecule has 12 heavy (non-hydrogen) atoms. The van der Waals surface area contributed by atoms with E-state index in [0.717, 1.165) is 6.08 Å². The van der Waals surface area contributed by atoms with Crippen LogP contribution in [0.4, 0.5) is 0 Å². The van der Waals surface area contributed by atoms with Gasteiger partial charge < -0.3 is 15.7 Å². The molecule has 0 saturated heterocycles. The predicted molar refractivity (Wildman–Crippen MR) is 43.5 cm³/mol. The van der Waals surface area contributed by atoms with E-state index in [1.54, 1.807) is 0 Å². The molecule has 0 aromatic heterocycles. The van der Waals surface area contributed by atoms with Gasteiger partial charge in [0.2, 0.25) is 5.91 Å². The van der Waals surface area contributed by atoms with Crippen molar-refractivity contribution < 1.29 is 14.7 Å². The van der Waals surface area contributed by atoms with Crippen LogP contribution < -0.4 is 10.6 Å². The van der Waals surface area contributed by atoms with E-state index in [0.29, 0.717) is 6.54 Å². The second-order valence-corrected chi connectivity index (χ2v) is 2.01. The summed E-state index contributed by atoms with van der Waals surface area (Å²) in [5, 5.41) is 13.2. The van der Waals surface area contributed by atoms with Crippen molar-refractivity contribution in [1.29, 1.82) is 0 Å². The van der Waals surface area contributed by atoms with Crippen molar-refractivity contribution in [2.45, 2.75) is 6.92 Å². The second kappa shape index (κ2) is 6.21. The van der Waals surface area contributed by atoms with Gasteiger partial charge >= 0.3 is 5.97 Å². The lowest BCUT2D eigenvalue weighted by Gasteiger charge is -2.00. The summed E-state index contributed by atoms with van der Waals surface area (Å²) in [7, 11) is 0. The Bertz CT molecular complexity index is 189. The van der Waals surface area contributed by atoms with E-state index in [1.165, 1.54) is 6.20 Å². The first-order chi connectivity index (χ1) is 5.66. The van der Waals surface area contributed by atoms with Gasteiger partial charge in [0.05, 0.1) is 6.54 Å². The summed E-state index contributed by atoms with van der Waals surface area (Å²) in [4.78, 5) is 20.7. The Morgan fingerprint density at radius 3 is 2.67 bits per heavy atom. The average Bonchev–Trinajstić information content (AvgIpc) is 1.98. The fraction of sp³-hybridized carbons (Fsp3) is 0.429. The molecule has 0 radical (unpaired) electrons. The fourth-order valence-corrected chi connectivity index (χ4v) is 0.542. The number of likely N-dealkylation sites (N-methyl/N-ethyl adjacent to an activating group) is 1. The zero-order valence-electron chi connectivity index (χ0n) is 6.83. The van der Waals surface area contributed by atoms with Gasteiger partial charge in [-0.1, -0.05) is 0 Å². The molecule has 0 aromatic carbocycles. The van der Waals surface area contributed by atoms with E-state index in [9.17, 15) is 9.59 Å². The monoisotopic (exact) mass is 172 g/mol. The molecule has 0 heterocycles. The van der Waals surface area contributed by atoms with Crippen molar-refractivity contribution >= 4 is 11.9 Å². The Balaban J connectivity index is 3.43. The number of amides is 1. The van der Waals surface area contributed by atoms with Crippen molar-refractivity contribution in [3.8, 4) is 0 Å². The Hall–Kier alpha value is -1.52. The molecule has 3 N–H and O–H groups in total. The molecular weight excluding hydrogens is 160 g/mol. The molecule has 0 fully saturated rings. The van der Waals surface area contributed by atoms with E-state index in [4.69, 9.17) is 5.11 Å². The van der Waals surface area contributed by atoms with E-state index in [-0.39, 0.29) is 12.5 Å². The number of hydrogen-bond donors (Lipinski definition) is 3. The van der Waals surface area contributed by atoms with Crippen LogP contribution in [0.2, 0.25) is 0 Å². The van der Waals surface area contributed by atoms with Gasteiger partial charge in [-0.05, 0) is 6.92 Å². The highest BCUT2D eigenvalue weighted by Gasteiger charge is 1.94. The third kappa shape index (κ3) is 6.60. The van der Waals surface area contributed by atoms with Gasteiger partial charge in [-0.3, -0.25) is 4.79 Å². The number of carbonyl (C=O) groups excluding carboxylic acids is 1. The molecule has 1 amide bonds. The van der Waals surface area contributed by atoms with E-state index in [2.05, 4.69) is 10.6 Å². The van der Waals surface area contributed by atoms with Gasteiger partial charge in [0.25, 0.3) is 0 Å². The molecule has 5 heteroatoms. The number of carboxylic acids is 1. The van der Waals surface area contributed by atoms with Crippen LogP contribution in [-0.4, -0.2) is 30.1 Å². The minimum absolute atomic E-state index is 0.0949. The van der Waals surface area contributed by atoms with E-state index in [1.807, 2.05) is 6.92 Å². The van der Waals surface area contributed by atoms with Crippen LogP contribution in [0.15, 0.2) is 12.3 Å². The van der Waals surface area contributed by atoms with Crippen LogP contribution in [0.3, 0.4) is 0 Å². The number of rotatable bonds is 5. The summed E-state index contributed by atoms with van der Waals surface area (Å²) in [6.07, 6.45) is 2.15. The van der Waals surface area contributed by atoms with Crippen LogP contribution in [-0.2, 0) is 9.59 Å². The number of nitrogens with one attached hydrogen (secondary N) is 2. The van der Waals surface area contributed by atoms with Crippen LogP contribution in [0, 0.1) is 0 Å². The van der Waals surface area contributed by atoms with Crippen LogP contribution in [0.25, 0.3) is 0 Å². The summed E-state index contributed by atoms with van der Waals surface area (Å²) in [6.45, 7) is 2.48. The van der Waals surface area contributed by atoms with Crippen molar-refractivity contribution in [1.82, 2.24) is 10.6 Å². The van der Waals surface area contributed by atoms with Gasteiger partial charge in [-0.15, -0.1) is 0 Å². The predicted octanol–water partition coefficient (Wildman–Crippen LogP) is -0.690. The minimum Gasteiger partial charge on any atom is -0.478 e. The van der Waals surface area contributed by atoms with E-state index >= 15 is 0 Å². The van der Waals surface area contributed by atoms with Crippen LogP contribution in [0.1, 0.15) is 6.92 Å². The fourth-order valence-electron chi connectivity index (χ4n) is 0.542. The van der Waals surface area contributed by atoms with Gasteiger partial charge in [0.15, 0.2) is 0 Å². The van der Waals surface area contributed by atoms with Gasteiger partial charge in [0, 0.05) is 18.8 Å². The molecule has 0 atom stereocenters. The molecule has 0 spiro atoms. The lowest BCUT2D eigenvalue weighted by molar-refractivity contribution is -0.131. The molecule has 0 saturated carbocycles. The third-order valence-electron chi connectivity index (χ3n) is 0.980. The van der Waals surface area contributed by atoms with Crippen LogP contribution in [0.5, 0.6) is 0 Å². The molecule has 0 aliphatic carbocycles. The standard InChI is InChI=1S/C7H12N2O3/c1-2-9-6(10)5-8-4-3-7(11)12/h3-4,8H,2,5H2,1H3,(H,9,10)(H,11,12)/b4-3+. The number of aliphatic carboxylic acids is 1.